The van der Waals surface area contributed by atoms with E-state index >= 15 is 0 Å². The second kappa shape index (κ2) is 20.6. The summed E-state index contributed by atoms with van der Waals surface area (Å²) in [6.07, 6.45) is 18.0. The molecular formula is C43H72N6O6S. The zero-order valence-corrected chi connectivity index (χ0v) is 34.9. The number of benzene rings is 2. The average molecular weight is 801 g/mol. The van der Waals surface area contributed by atoms with E-state index in [1.54, 1.807) is 7.05 Å². The van der Waals surface area contributed by atoms with Crippen LogP contribution in [0.5, 0.6) is 0 Å². The number of nitrogens with one attached hydrogen (secondary N) is 4. The van der Waals surface area contributed by atoms with E-state index in [2.05, 4.69) is 56.5 Å². The lowest BCUT2D eigenvalue weighted by Gasteiger charge is -2.36. The zero-order valence-electron chi connectivity index (χ0n) is 34.1. The molecule has 4 N–H and O–H groups in total. The Labute approximate surface area is 340 Å². The summed E-state index contributed by atoms with van der Waals surface area (Å²) in [7, 11) is -1.97. The molecule has 4 aliphatic carbocycles. The summed E-state index contributed by atoms with van der Waals surface area (Å²) in [6.45, 7) is 12.8. The van der Waals surface area contributed by atoms with Crippen molar-refractivity contribution in [2.45, 2.75) is 130 Å². The van der Waals surface area contributed by atoms with Crippen LogP contribution < -0.4 is 20.7 Å². The number of aryl methyl sites for hydroxylation is 4. The van der Waals surface area contributed by atoms with Crippen molar-refractivity contribution in [3.8, 4) is 0 Å². The fraction of sp³-hybridized carbons (Fsp3) is 0.651. The Bertz CT molecular complexity index is 1790. The predicted molar refractivity (Wildman–Crippen MR) is 229 cm³/mol. The predicted octanol–water partition coefficient (Wildman–Crippen LogP) is 7.15. The Morgan fingerprint density at radius 2 is 1.11 bits per heavy atom. The molecule has 2 fully saturated rings. The van der Waals surface area contributed by atoms with Gasteiger partial charge in [-0.25, -0.2) is 22.7 Å². The van der Waals surface area contributed by atoms with Gasteiger partial charge in [0.2, 0.25) is 10.0 Å². The molecule has 12 nitrogen and oxygen atoms in total. The van der Waals surface area contributed by atoms with Crippen LogP contribution >= 0.6 is 0 Å². The maximum Gasteiger partial charge on any atom is 0.373 e. The van der Waals surface area contributed by atoms with Gasteiger partial charge in [0, 0.05) is 30.2 Å². The summed E-state index contributed by atoms with van der Waals surface area (Å²) in [5.74, 6) is 0.855. The largest absolute Gasteiger partial charge is 0.373 e. The lowest BCUT2D eigenvalue weighted by molar-refractivity contribution is -0.191. The highest BCUT2D eigenvalue weighted by molar-refractivity contribution is 7.90. The minimum Gasteiger partial charge on any atom is -0.341 e. The van der Waals surface area contributed by atoms with Crippen molar-refractivity contribution < 1.29 is 33.3 Å². The van der Waals surface area contributed by atoms with Gasteiger partial charge in [0.1, 0.15) is 0 Å². The number of hydrogen-bond donors (Lipinski definition) is 4. The number of nitrogens with zero attached hydrogens (tertiary/aromatic N) is 2. The van der Waals surface area contributed by atoms with Gasteiger partial charge in [-0.15, -0.1) is 0 Å². The first kappa shape index (κ1) is 43.4. The number of carbonyl (C=O) groups excluding carboxylic acids is 4. The fourth-order valence-electron chi connectivity index (χ4n) is 8.78. The van der Waals surface area contributed by atoms with Crippen LogP contribution in [0.3, 0.4) is 0 Å². The summed E-state index contributed by atoms with van der Waals surface area (Å²) in [4.78, 5) is 45.1. The number of amides is 4. The summed E-state index contributed by atoms with van der Waals surface area (Å²) in [5.41, 5.74) is 12.7. The Morgan fingerprint density at radius 1 is 0.679 bits per heavy atom. The molecule has 1 unspecified atom stereocenters. The van der Waals surface area contributed by atoms with Crippen molar-refractivity contribution in [1.82, 2.24) is 19.8 Å². The van der Waals surface area contributed by atoms with Gasteiger partial charge < -0.3 is 25.8 Å². The molecule has 0 saturated carbocycles. The Balaban J connectivity index is 0.000000469. The molecule has 56 heavy (non-hydrogen) atoms. The maximum atomic E-state index is 12.5. The van der Waals surface area contributed by atoms with Crippen molar-refractivity contribution in [3.05, 3.63) is 56.6 Å². The standard InChI is InChI=1S/C20H29N3O3S.C14H18N2O.C8H17N.CO2.4H2/c1-14(23-10-4-11-23)9-12-27(25,26)22-20(24)21-19-17-7-2-5-15(17)13-16-6-3-8-18(16)19;1-15-14(17)16-13-11-6-2-4-9(11)8-10-5-3-7-12(10)13;1-8(2)4-7-9-5-3-6-9;2-1-3;;;;/h13-14H,2-12H2,1H3,(H2,21,22,24);8H,2-7H2,1H3,(H2,15,16,17);8H,3-7H2,1-2H3;;4*1H. The highest BCUT2D eigenvalue weighted by atomic mass is 32.2. The first-order chi connectivity index (χ1) is 26.9. The summed E-state index contributed by atoms with van der Waals surface area (Å²) >= 11 is 0. The second-order valence-electron chi connectivity index (χ2n) is 16.5. The van der Waals surface area contributed by atoms with Gasteiger partial charge in [0.25, 0.3) is 0 Å². The zero-order chi connectivity index (χ0) is 40.2. The van der Waals surface area contributed by atoms with Crippen molar-refractivity contribution in [1.29, 1.82) is 0 Å². The first-order valence-corrected chi connectivity index (χ1v) is 22.7. The van der Waals surface area contributed by atoms with Crippen LogP contribution in [-0.4, -0.2) is 88.0 Å². The molecule has 4 amide bonds. The van der Waals surface area contributed by atoms with E-state index in [1.807, 2.05) is 6.92 Å². The van der Waals surface area contributed by atoms with Crippen LogP contribution in [0.15, 0.2) is 12.1 Å². The lowest BCUT2D eigenvalue weighted by atomic mass is 9.99. The van der Waals surface area contributed by atoms with E-state index in [1.165, 1.54) is 109 Å². The summed E-state index contributed by atoms with van der Waals surface area (Å²) in [5, 5.41) is 8.58. The Kier molecular flexibility index (Phi) is 15.9. The smallest absolute Gasteiger partial charge is 0.341 e. The molecule has 13 heteroatoms. The number of urea groups is 2. The molecule has 8 rings (SSSR count). The number of carbonyl (C=O) groups is 2. The molecule has 2 heterocycles. The van der Waals surface area contributed by atoms with Crippen LogP contribution in [0, 0.1) is 5.92 Å². The third-order valence-corrected chi connectivity index (χ3v) is 13.5. The second-order valence-corrected chi connectivity index (χ2v) is 18.4. The van der Waals surface area contributed by atoms with Crippen molar-refractivity contribution in [3.63, 3.8) is 0 Å². The normalized spacial score (nSPS) is 18.0. The molecule has 2 saturated heterocycles. The third kappa shape index (κ3) is 11.6. The number of anilines is 2. The minimum atomic E-state index is -3.63. The van der Waals surface area contributed by atoms with E-state index in [9.17, 15) is 18.0 Å². The summed E-state index contributed by atoms with van der Waals surface area (Å²) in [6, 6.07) is 4.18. The van der Waals surface area contributed by atoms with E-state index in [-0.39, 0.29) is 29.7 Å². The molecule has 2 aromatic carbocycles. The van der Waals surface area contributed by atoms with Gasteiger partial charge in [0.05, 0.1) is 5.75 Å². The highest BCUT2D eigenvalue weighted by Gasteiger charge is 2.28. The Hall–Kier alpha value is -3.77. The van der Waals surface area contributed by atoms with Crippen LogP contribution in [0.4, 0.5) is 21.0 Å². The molecule has 2 aromatic rings. The quantitative estimate of drug-likeness (QED) is 0.197. The highest BCUT2D eigenvalue weighted by Crippen LogP contribution is 2.39. The van der Waals surface area contributed by atoms with Gasteiger partial charge in [-0.2, -0.15) is 9.59 Å². The van der Waals surface area contributed by atoms with Gasteiger partial charge >= 0.3 is 18.2 Å². The fourth-order valence-corrected chi connectivity index (χ4v) is 9.86. The number of sulfonamides is 1. The van der Waals surface area contributed by atoms with Crippen molar-refractivity contribution in [2.75, 3.05) is 56.2 Å². The number of rotatable bonds is 10. The molecule has 6 aliphatic rings. The van der Waals surface area contributed by atoms with Crippen LogP contribution in [0.1, 0.15) is 122 Å². The lowest BCUT2D eigenvalue weighted by Crippen LogP contribution is -2.45. The van der Waals surface area contributed by atoms with E-state index in [4.69, 9.17) is 9.59 Å². The number of fused-ring (bicyclic) bond motifs is 4. The van der Waals surface area contributed by atoms with Crippen LogP contribution in [-0.2, 0) is 71.0 Å². The van der Waals surface area contributed by atoms with Gasteiger partial charge in [0.15, 0.2) is 0 Å². The number of hydrogen-bond acceptors (Lipinski definition) is 8. The maximum absolute atomic E-state index is 12.5. The molecule has 0 aromatic heterocycles. The van der Waals surface area contributed by atoms with Crippen LogP contribution in [0.2, 0.25) is 0 Å². The SMILES string of the molecule is CC(C)CCN1CCC1.CC(CCS(=O)(=O)NC(=O)Nc1c2c(cc3c1CCC3)CCC2)N1CCC1.CNC(=O)Nc1c2c(cc3c1CCC3)CCC2.O=C=O.[HH].[HH].[HH].[HH]. The van der Waals surface area contributed by atoms with E-state index in [0.717, 1.165) is 81.7 Å². The van der Waals surface area contributed by atoms with E-state index < -0.39 is 16.1 Å². The molecule has 1 atom stereocenters. The van der Waals surface area contributed by atoms with Gasteiger partial charge in [-0.1, -0.05) is 26.0 Å². The molecule has 316 valence electrons. The number of likely N-dealkylation sites (tertiary alicyclic amines) is 2. The van der Waals surface area contributed by atoms with Gasteiger partial charge in [-0.3, -0.25) is 0 Å². The first-order valence-electron chi connectivity index (χ1n) is 21.0. The van der Waals surface area contributed by atoms with Crippen molar-refractivity contribution in [2.24, 2.45) is 5.92 Å². The Morgan fingerprint density at radius 3 is 1.46 bits per heavy atom. The molecule has 0 bridgehead atoms. The average Bonchev–Trinajstić information content (AvgIpc) is 3.94. The molecule has 0 spiro atoms. The third-order valence-electron chi connectivity index (χ3n) is 12.2. The summed E-state index contributed by atoms with van der Waals surface area (Å²) < 4.78 is 26.9. The topological polar surface area (TPSA) is 157 Å². The molecule has 2 aliphatic heterocycles. The molecule has 0 radical (unpaired) electrons. The van der Waals surface area contributed by atoms with Crippen molar-refractivity contribution >= 4 is 39.6 Å². The minimum absolute atomic E-state index is 0. The van der Waals surface area contributed by atoms with E-state index in [0.29, 0.717) is 6.42 Å². The van der Waals surface area contributed by atoms with Gasteiger partial charge in [-0.05, 0) is 193 Å². The monoisotopic (exact) mass is 801 g/mol. The van der Waals surface area contributed by atoms with Crippen LogP contribution in [0.25, 0.3) is 0 Å². The molecular weight excluding hydrogens is 729 g/mol.